The Morgan fingerprint density at radius 1 is 1.44 bits per heavy atom. The van der Waals surface area contributed by atoms with Crippen LogP contribution < -0.4 is 5.32 Å². The second-order valence-electron chi connectivity index (χ2n) is 4.50. The minimum atomic E-state index is -0.108. The Morgan fingerprint density at radius 3 is 3.22 bits per heavy atom. The Kier molecular flexibility index (Phi) is 2.80. The van der Waals surface area contributed by atoms with Crippen LogP contribution in [0, 0.1) is 0 Å². The number of carbonyl (C=O) groups excluding carboxylic acids is 1. The van der Waals surface area contributed by atoms with Gasteiger partial charge in [-0.3, -0.25) is 14.9 Å². The number of aryl methyl sites for hydroxylation is 1. The highest BCUT2D eigenvalue weighted by Gasteiger charge is 2.22. The summed E-state index contributed by atoms with van der Waals surface area (Å²) < 4.78 is 0. The number of nitrogens with zero attached hydrogens (tertiary/aromatic N) is 2. The van der Waals surface area contributed by atoms with Crippen molar-refractivity contribution in [3.8, 4) is 0 Å². The molecule has 0 saturated heterocycles. The number of aromatic amines is 1. The van der Waals surface area contributed by atoms with Crippen molar-refractivity contribution in [1.29, 1.82) is 0 Å². The van der Waals surface area contributed by atoms with Gasteiger partial charge in [-0.05, 0) is 30.5 Å². The van der Waals surface area contributed by atoms with Crippen molar-refractivity contribution in [3.63, 3.8) is 0 Å². The minimum Gasteiger partial charge on any atom is -0.348 e. The van der Waals surface area contributed by atoms with Gasteiger partial charge in [-0.1, -0.05) is 6.07 Å². The molecular weight excluding hydrogens is 228 g/mol. The van der Waals surface area contributed by atoms with Crippen LogP contribution in [0.2, 0.25) is 0 Å². The second kappa shape index (κ2) is 4.60. The van der Waals surface area contributed by atoms with Gasteiger partial charge in [-0.2, -0.15) is 5.10 Å². The van der Waals surface area contributed by atoms with Gasteiger partial charge < -0.3 is 5.32 Å². The summed E-state index contributed by atoms with van der Waals surface area (Å²) in [5, 5.41) is 10.0. The molecule has 5 nitrogen and oxygen atoms in total. The van der Waals surface area contributed by atoms with Gasteiger partial charge in [0, 0.05) is 24.4 Å². The van der Waals surface area contributed by atoms with Crippen LogP contribution in [-0.4, -0.2) is 27.1 Å². The molecule has 0 saturated carbocycles. The number of rotatable bonds is 2. The molecule has 92 valence electrons. The summed E-state index contributed by atoms with van der Waals surface area (Å²) in [5.74, 6) is -0.108. The Hall–Kier alpha value is -2.17. The molecule has 1 unspecified atom stereocenters. The largest absolute Gasteiger partial charge is 0.348 e. The predicted octanol–water partition coefficient (Wildman–Crippen LogP) is 1.09. The molecule has 0 spiro atoms. The molecule has 2 aromatic rings. The quantitative estimate of drug-likeness (QED) is 0.828. The lowest BCUT2D eigenvalue weighted by Crippen LogP contribution is -2.39. The van der Waals surface area contributed by atoms with Crippen molar-refractivity contribution in [2.75, 3.05) is 0 Å². The molecule has 3 rings (SSSR count). The first kappa shape index (κ1) is 11.0. The summed E-state index contributed by atoms with van der Waals surface area (Å²) in [5.41, 5.74) is 2.86. The maximum atomic E-state index is 12.0. The van der Waals surface area contributed by atoms with Crippen molar-refractivity contribution in [2.45, 2.75) is 25.3 Å². The predicted molar refractivity (Wildman–Crippen MR) is 66.1 cm³/mol. The molecule has 2 N–H and O–H groups in total. The Bertz CT molecular complexity index is 549. The first-order valence-corrected chi connectivity index (χ1v) is 6.06. The standard InChI is InChI=1S/C13H14N4O/c18-13(11-3-1-2-6-14-11)16-10-5-4-9-8-15-17-12(9)7-10/h1-3,6,8,10H,4-5,7H2,(H,15,17)(H,16,18). The van der Waals surface area contributed by atoms with E-state index in [9.17, 15) is 4.79 Å². The third-order valence-corrected chi connectivity index (χ3v) is 3.25. The molecule has 2 aromatic heterocycles. The summed E-state index contributed by atoms with van der Waals surface area (Å²) in [4.78, 5) is 16.0. The number of hydrogen-bond donors (Lipinski definition) is 2. The number of aromatic nitrogens is 3. The van der Waals surface area contributed by atoms with Crippen LogP contribution in [0.1, 0.15) is 28.2 Å². The lowest BCUT2D eigenvalue weighted by molar-refractivity contribution is 0.0928. The molecule has 0 aromatic carbocycles. The van der Waals surface area contributed by atoms with Crippen LogP contribution in [0.5, 0.6) is 0 Å². The molecule has 1 aliphatic rings. The van der Waals surface area contributed by atoms with Crippen molar-refractivity contribution in [3.05, 3.63) is 47.5 Å². The van der Waals surface area contributed by atoms with Crippen molar-refractivity contribution < 1.29 is 4.79 Å². The number of pyridine rings is 1. The van der Waals surface area contributed by atoms with Gasteiger partial charge in [0.1, 0.15) is 5.69 Å². The molecule has 1 amide bonds. The lowest BCUT2D eigenvalue weighted by atomic mass is 9.94. The van der Waals surface area contributed by atoms with Crippen LogP contribution in [0.15, 0.2) is 30.6 Å². The summed E-state index contributed by atoms with van der Waals surface area (Å²) in [6, 6.07) is 5.50. The smallest absolute Gasteiger partial charge is 0.270 e. The summed E-state index contributed by atoms with van der Waals surface area (Å²) >= 11 is 0. The zero-order valence-electron chi connectivity index (χ0n) is 9.89. The van der Waals surface area contributed by atoms with E-state index in [1.807, 2.05) is 12.3 Å². The topological polar surface area (TPSA) is 70.7 Å². The number of hydrogen-bond acceptors (Lipinski definition) is 3. The van der Waals surface area contributed by atoms with Gasteiger partial charge >= 0.3 is 0 Å². The van der Waals surface area contributed by atoms with E-state index in [4.69, 9.17) is 0 Å². The number of H-pyrrole nitrogens is 1. The third kappa shape index (κ3) is 2.11. The molecule has 5 heteroatoms. The molecule has 1 aliphatic carbocycles. The van der Waals surface area contributed by atoms with E-state index in [-0.39, 0.29) is 11.9 Å². The zero-order chi connectivity index (χ0) is 12.4. The number of amides is 1. The van der Waals surface area contributed by atoms with Crippen molar-refractivity contribution >= 4 is 5.91 Å². The summed E-state index contributed by atoms with van der Waals surface area (Å²) in [7, 11) is 0. The van der Waals surface area contributed by atoms with E-state index < -0.39 is 0 Å². The highest BCUT2D eigenvalue weighted by Crippen LogP contribution is 2.18. The molecule has 0 bridgehead atoms. The summed E-state index contributed by atoms with van der Waals surface area (Å²) in [6.07, 6.45) is 6.22. The highest BCUT2D eigenvalue weighted by molar-refractivity contribution is 5.92. The second-order valence-corrected chi connectivity index (χ2v) is 4.50. The SMILES string of the molecule is O=C(NC1CCc2cn[nH]c2C1)c1ccccn1. The molecule has 0 aliphatic heterocycles. The van der Waals surface area contributed by atoms with E-state index in [2.05, 4.69) is 20.5 Å². The van der Waals surface area contributed by atoms with Crippen molar-refractivity contribution in [1.82, 2.24) is 20.5 Å². The molecule has 18 heavy (non-hydrogen) atoms. The average Bonchev–Trinajstić information content (AvgIpc) is 2.87. The van der Waals surface area contributed by atoms with Gasteiger partial charge in [0.05, 0.1) is 6.20 Å². The van der Waals surface area contributed by atoms with Gasteiger partial charge in [-0.25, -0.2) is 0 Å². The van der Waals surface area contributed by atoms with Crippen LogP contribution in [0.4, 0.5) is 0 Å². The van der Waals surface area contributed by atoms with Crippen molar-refractivity contribution in [2.24, 2.45) is 0 Å². The third-order valence-electron chi connectivity index (χ3n) is 3.25. The minimum absolute atomic E-state index is 0.108. The molecule has 0 fully saturated rings. The molecule has 1 atom stereocenters. The number of carbonyl (C=O) groups is 1. The van der Waals surface area contributed by atoms with E-state index >= 15 is 0 Å². The molecule has 0 radical (unpaired) electrons. The van der Waals surface area contributed by atoms with E-state index in [1.54, 1.807) is 18.3 Å². The number of nitrogens with one attached hydrogen (secondary N) is 2. The Labute approximate surface area is 105 Å². The van der Waals surface area contributed by atoms with E-state index in [0.717, 1.165) is 25.0 Å². The van der Waals surface area contributed by atoms with Gasteiger partial charge in [0.15, 0.2) is 0 Å². The van der Waals surface area contributed by atoms with Crippen LogP contribution in [0.3, 0.4) is 0 Å². The van der Waals surface area contributed by atoms with Crippen LogP contribution in [0.25, 0.3) is 0 Å². The first-order chi connectivity index (χ1) is 8.83. The molecule has 2 heterocycles. The lowest BCUT2D eigenvalue weighted by Gasteiger charge is -2.22. The monoisotopic (exact) mass is 242 g/mol. The average molecular weight is 242 g/mol. The fourth-order valence-corrected chi connectivity index (χ4v) is 2.29. The van der Waals surface area contributed by atoms with Gasteiger partial charge in [-0.15, -0.1) is 0 Å². The molecular formula is C13H14N4O. The fourth-order valence-electron chi connectivity index (χ4n) is 2.29. The maximum absolute atomic E-state index is 12.0. The van der Waals surface area contributed by atoms with Gasteiger partial charge in [0.2, 0.25) is 0 Å². The van der Waals surface area contributed by atoms with E-state index in [0.29, 0.717) is 5.69 Å². The Balaban J connectivity index is 1.67. The van der Waals surface area contributed by atoms with Gasteiger partial charge in [0.25, 0.3) is 5.91 Å². The van der Waals surface area contributed by atoms with Crippen LogP contribution >= 0.6 is 0 Å². The highest BCUT2D eigenvalue weighted by atomic mass is 16.1. The fraction of sp³-hybridized carbons (Fsp3) is 0.308. The Morgan fingerprint density at radius 2 is 2.39 bits per heavy atom. The number of fused-ring (bicyclic) bond motifs is 1. The first-order valence-electron chi connectivity index (χ1n) is 6.06. The maximum Gasteiger partial charge on any atom is 0.270 e. The van der Waals surface area contributed by atoms with Crippen LogP contribution in [-0.2, 0) is 12.8 Å². The normalized spacial score (nSPS) is 18.1. The zero-order valence-corrected chi connectivity index (χ0v) is 9.89. The summed E-state index contributed by atoms with van der Waals surface area (Å²) in [6.45, 7) is 0. The van der Waals surface area contributed by atoms with E-state index in [1.165, 1.54) is 5.56 Å².